The molecule has 0 radical (unpaired) electrons. The van der Waals surface area contributed by atoms with Crippen LogP contribution in [0.2, 0.25) is 0 Å². The second kappa shape index (κ2) is 8.22. The van der Waals surface area contributed by atoms with Crippen molar-refractivity contribution in [3.63, 3.8) is 0 Å². The number of carbonyl (C=O) groups excluding carboxylic acids is 1. The van der Waals surface area contributed by atoms with Crippen LogP contribution in [0.1, 0.15) is 44.4 Å². The lowest BCUT2D eigenvalue weighted by molar-refractivity contribution is -0.120. The summed E-state index contributed by atoms with van der Waals surface area (Å²) in [6, 6.07) is 11.2. The van der Waals surface area contributed by atoms with Gasteiger partial charge in [-0.15, -0.1) is 0 Å². The normalized spacial score (nSPS) is 15.8. The van der Waals surface area contributed by atoms with E-state index < -0.39 is 0 Å². The number of hydrogen-bond acceptors (Lipinski definition) is 5. The van der Waals surface area contributed by atoms with Crippen molar-refractivity contribution in [3.8, 4) is 0 Å². The van der Waals surface area contributed by atoms with Gasteiger partial charge in [0.2, 0.25) is 5.91 Å². The summed E-state index contributed by atoms with van der Waals surface area (Å²) in [7, 11) is 0. The van der Waals surface area contributed by atoms with Gasteiger partial charge in [0.05, 0.1) is 29.0 Å². The first kappa shape index (κ1) is 18.8. The summed E-state index contributed by atoms with van der Waals surface area (Å²) in [4.78, 5) is 30.4. The van der Waals surface area contributed by atoms with E-state index in [4.69, 9.17) is 9.40 Å². The van der Waals surface area contributed by atoms with Gasteiger partial charge in [-0.2, -0.15) is 0 Å². The third kappa shape index (κ3) is 3.85. The molecular formula is C21H23N3O3S. The number of fused-ring (bicyclic) bond motifs is 1. The summed E-state index contributed by atoms with van der Waals surface area (Å²) in [6.07, 6.45) is 5.78. The average Bonchev–Trinajstić information content (AvgIpc) is 3.40. The third-order valence-corrected chi connectivity index (χ3v) is 6.20. The van der Waals surface area contributed by atoms with Gasteiger partial charge in [0.25, 0.3) is 5.56 Å². The Kier molecular flexibility index (Phi) is 5.52. The smallest absolute Gasteiger partial charge is 0.262 e. The fraction of sp³-hybridized carbons (Fsp3) is 0.381. The van der Waals surface area contributed by atoms with E-state index in [1.54, 1.807) is 12.3 Å². The summed E-state index contributed by atoms with van der Waals surface area (Å²) in [5.74, 6) is 0.596. The first-order chi connectivity index (χ1) is 13.6. The van der Waals surface area contributed by atoms with Crippen molar-refractivity contribution in [3.05, 3.63) is 58.8 Å². The van der Waals surface area contributed by atoms with Crippen LogP contribution in [0.25, 0.3) is 10.9 Å². The maximum absolute atomic E-state index is 13.2. The van der Waals surface area contributed by atoms with Crippen LogP contribution < -0.4 is 10.9 Å². The average molecular weight is 398 g/mol. The molecule has 1 fully saturated rings. The Balaban J connectivity index is 1.60. The largest absolute Gasteiger partial charge is 0.467 e. The molecule has 1 atom stereocenters. The van der Waals surface area contributed by atoms with Crippen LogP contribution in [-0.4, -0.2) is 20.7 Å². The number of thioether (sulfide) groups is 1. The highest BCUT2D eigenvalue weighted by molar-refractivity contribution is 8.00. The van der Waals surface area contributed by atoms with E-state index in [2.05, 4.69) is 5.32 Å². The molecule has 1 saturated carbocycles. The van der Waals surface area contributed by atoms with Crippen molar-refractivity contribution in [1.29, 1.82) is 0 Å². The number of benzene rings is 1. The van der Waals surface area contributed by atoms with Crippen LogP contribution in [0.15, 0.2) is 57.0 Å². The third-order valence-electron chi connectivity index (χ3n) is 5.13. The highest BCUT2D eigenvalue weighted by Crippen LogP contribution is 2.33. The molecule has 1 amide bonds. The lowest BCUT2D eigenvalue weighted by atomic mass is 10.2. The van der Waals surface area contributed by atoms with Gasteiger partial charge < -0.3 is 9.73 Å². The van der Waals surface area contributed by atoms with Crippen LogP contribution in [0, 0.1) is 0 Å². The monoisotopic (exact) mass is 397 g/mol. The van der Waals surface area contributed by atoms with Gasteiger partial charge in [-0.25, -0.2) is 4.98 Å². The summed E-state index contributed by atoms with van der Waals surface area (Å²) < 4.78 is 7.07. The minimum absolute atomic E-state index is 0.0109. The molecule has 2 aromatic heterocycles. The predicted octanol–water partition coefficient (Wildman–Crippen LogP) is 3.90. The number of nitrogens with one attached hydrogen (secondary N) is 1. The lowest BCUT2D eigenvalue weighted by Crippen LogP contribution is -2.32. The first-order valence-corrected chi connectivity index (χ1v) is 10.5. The molecule has 146 valence electrons. The fourth-order valence-corrected chi connectivity index (χ4v) is 4.64. The van der Waals surface area contributed by atoms with Gasteiger partial charge >= 0.3 is 0 Å². The summed E-state index contributed by atoms with van der Waals surface area (Å²) in [5.41, 5.74) is 0.663. The zero-order valence-corrected chi connectivity index (χ0v) is 16.6. The standard InChI is InChI=1S/C21H23N3O3S/c1-14(19(25)22-13-16-9-6-12-27-16)28-21-23-18-11-5-4-10-17(18)20(26)24(21)15-7-2-3-8-15/h4-6,9-12,14-15H,2-3,7-8,13H2,1H3,(H,22,25)/t14-/m1/s1. The van der Waals surface area contributed by atoms with Crippen LogP contribution in [-0.2, 0) is 11.3 Å². The molecule has 4 rings (SSSR count). The van der Waals surface area contributed by atoms with Crippen LogP contribution in [0.4, 0.5) is 0 Å². The van der Waals surface area contributed by atoms with Gasteiger partial charge in [0, 0.05) is 6.04 Å². The number of hydrogen-bond donors (Lipinski definition) is 1. The second-order valence-corrected chi connectivity index (χ2v) is 8.39. The van der Waals surface area contributed by atoms with Crippen LogP contribution >= 0.6 is 11.8 Å². The van der Waals surface area contributed by atoms with E-state index in [1.807, 2.05) is 41.8 Å². The summed E-state index contributed by atoms with van der Waals surface area (Å²) in [5, 5.41) is 3.75. The van der Waals surface area contributed by atoms with E-state index in [0.717, 1.165) is 25.7 Å². The first-order valence-electron chi connectivity index (χ1n) is 9.61. The van der Waals surface area contributed by atoms with Crippen molar-refractivity contribution < 1.29 is 9.21 Å². The van der Waals surface area contributed by atoms with Crippen molar-refractivity contribution in [2.75, 3.05) is 0 Å². The van der Waals surface area contributed by atoms with Gasteiger partial charge in [0.1, 0.15) is 5.76 Å². The Bertz CT molecular complexity index is 1020. The maximum Gasteiger partial charge on any atom is 0.262 e. The van der Waals surface area contributed by atoms with Gasteiger partial charge in [0.15, 0.2) is 5.16 Å². The van der Waals surface area contributed by atoms with Crippen molar-refractivity contribution in [1.82, 2.24) is 14.9 Å². The molecular weight excluding hydrogens is 374 g/mol. The molecule has 1 aliphatic carbocycles. The van der Waals surface area contributed by atoms with E-state index >= 15 is 0 Å². The molecule has 28 heavy (non-hydrogen) atoms. The molecule has 1 N–H and O–H groups in total. The minimum Gasteiger partial charge on any atom is -0.467 e. The van der Waals surface area contributed by atoms with Crippen molar-refractivity contribution >= 4 is 28.6 Å². The zero-order chi connectivity index (χ0) is 19.5. The molecule has 1 aliphatic rings. The van der Waals surface area contributed by atoms with Crippen LogP contribution in [0.5, 0.6) is 0 Å². The quantitative estimate of drug-likeness (QED) is 0.504. The zero-order valence-electron chi connectivity index (χ0n) is 15.8. The van der Waals surface area contributed by atoms with Gasteiger partial charge in [-0.3, -0.25) is 14.2 Å². The predicted molar refractivity (Wildman–Crippen MR) is 109 cm³/mol. The summed E-state index contributed by atoms with van der Waals surface area (Å²) in [6.45, 7) is 2.18. The minimum atomic E-state index is -0.379. The van der Waals surface area contributed by atoms with Crippen molar-refractivity contribution in [2.45, 2.75) is 55.6 Å². The number of amides is 1. The molecule has 0 spiro atoms. The number of rotatable bonds is 6. The molecule has 0 bridgehead atoms. The number of carbonyl (C=O) groups is 1. The van der Waals surface area contributed by atoms with E-state index in [9.17, 15) is 9.59 Å². The number of para-hydroxylation sites is 1. The Morgan fingerprint density at radius 2 is 2.07 bits per heavy atom. The molecule has 2 heterocycles. The number of nitrogens with zero attached hydrogens (tertiary/aromatic N) is 2. The molecule has 6 nitrogen and oxygen atoms in total. The fourth-order valence-electron chi connectivity index (χ4n) is 3.64. The summed E-state index contributed by atoms with van der Waals surface area (Å²) >= 11 is 1.34. The lowest BCUT2D eigenvalue weighted by Gasteiger charge is -2.20. The SMILES string of the molecule is C[C@@H](Sc1nc2ccccc2c(=O)n1C1CCCC1)C(=O)NCc1ccco1. The Labute approximate surface area is 167 Å². The van der Waals surface area contributed by atoms with Gasteiger partial charge in [-0.05, 0) is 44.0 Å². The van der Waals surface area contributed by atoms with Crippen molar-refractivity contribution in [2.24, 2.45) is 0 Å². The maximum atomic E-state index is 13.2. The molecule has 3 aromatic rings. The molecule has 0 aliphatic heterocycles. The Hall–Kier alpha value is -2.54. The van der Waals surface area contributed by atoms with Gasteiger partial charge in [-0.1, -0.05) is 36.7 Å². The molecule has 1 aromatic carbocycles. The van der Waals surface area contributed by atoms with E-state index in [-0.39, 0.29) is 22.8 Å². The molecule has 7 heteroatoms. The number of aromatic nitrogens is 2. The van der Waals surface area contributed by atoms with Crippen LogP contribution in [0.3, 0.4) is 0 Å². The van der Waals surface area contributed by atoms with E-state index in [0.29, 0.717) is 28.4 Å². The Morgan fingerprint density at radius 1 is 1.29 bits per heavy atom. The molecule has 0 unspecified atom stereocenters. The van der Waals surface area contributed by atoms with E-state index in [1.165, 1.54) is 11.8 Å². The topological polar surface area (TPSA) is 77.1 Å². The highest BCUT2D eigenvalue weighted by Gasteiger charge is 2.25. The number of furan rings is 1. The Morgan fingerprint density at radius 3 is 2.82 bits per heavy atom. The molecule has 0 saturated heterocycles. The highest BCUT2D eigenvalue weighted by atomic mass is 32.2. The second-order valence-electron chi connectivity index (χ2n) is 7.08.